The second-order valence-electron chi connectivity index (χ2n) is 5.30. The molecule has 1 aromatic carbocycles. The molecular weight excluding hydrogens is 266 g/mol. The number of ether oxygens (including phenoxy) is 1. The van der Waals surface area contributed by atoms with E-state index in [2.05, 4.69) is 19.2 Å². The van der Waals surface area contributed by atoms with E-state index in [4.69, 9.17) is 9.84 Å². The fourth-order valence-electron chi connectivity index (χ4n) is 2.14. The second kappa shape index (κ2) is 10.2. The first-order chi connectivity index (χ1) is 10.2. The highest BCUT2D eigenvalue weighted by atomic mass is 16.5. The molecule has 0 aromatic heterocycles. The SMILES string of the molecule is CCCCNC(CC(=O)O)Cc1ccc(OCCC)cc1. The number of rotatable bonds is 11. The molecule has 21 heavy (non-hydrogen) atoms. The molecule has 0 saturated carbocycles. The summed E-state index contributed by atoms with van der Waals surface area (Å²) >= 11 is 0. The maximum absolute atomic E-state index is 10.9. The normalized spacial score (nSPS) is 12.1. The summed E-state index contributed by atoms with van der Waals surface area (Å²) in [6.07, 6.45) is 4.04. The lowest BCUT2D eigenvalue weighted by molar-refractivity contribution is -0.137. The van der Waals surface area contributed by atoms with E-state index in [0.29, 0.717) is 0 Å². The second-order valence-corrected chi connectivity index (χ2v) is 5.30. The summed E-state index contributed by atoms with van der Waals surface area (Å²) in [5, 5.41) is 12.3. The van der Waals surface area contributed by atoms with E-state index in [1.54, 1.807) is 0 Å². The Labute approximate surface area is 127 Å². The van der Waals surface area contributed by atoms with Crippen molar-refractivity contribution in [3.05, 3.63) is 29.8 Å². The van der Waals surface area contributed by atoms with Gasteiger partial charge in [0.2, 0.25) is 0 Å². The number of nitrogens with one attached hydrogen (secondary N) is 1. The summed E-state index contributed by atoms with van der Waals surface area (Å²) in [6.45, 7) is 5.79. The van der Waals surface area contributed by atoms with Crippen LogP contribution in [0.3, 0.4) is 0 Å². The Balaban J connectivity index is 2.53. The van der Waals surface area contributed by atoms with Crippen LogP contribution in [0.25, 0.3) is 0 Å². The summed E-state index contributed by atoms with van der Waals surface area (Å²) in [4.78, 5) is 10.9. The average molecular weight is 293 g/mol. The quantitative estimate of drug-likeness (QED) is 0.615. The predicted molar refractivity (Wildman–Crippen MR) is 84.9 cm³/mol. The molecule has 1 unspecified atom stereocenters. The Morgan fingerprint density at radius 3 is 2.52 bits per heavy atom. The fourth-order valence-corrected chi connectivity index (χ4v) is 2.14. The van der Waals surface area contributed by atoms with Crippen molar-refractivity contribution in [2.45, 2.75) is 52.0 Å². The van der Waals surface area contributed by atoms with Gasteiger partial charge in [-0.15, -0.1) is 0 Å². The molecule has 1 aromatic rings. The molecule has 0 aliphatic heterocycles. The zero-order valence-electron chi connectivity index (χ0n) is 13.1. The van der Waals surface area contributed by atoms with Gasteiger partial charge in [-0.05, 0) is 43.5 Å². The Kier molecular flexibility index (Phi) is 8.51. The molecule has 4 heteroatoms. The average Bonchev–Trinajstić information content (AvgIpc) is 2.46. The lowest BCUT2D eigenvalue weighted by Gasteiger charge is -2.17. The van der Waals surface area contributed by atoms with Gasteiger partial charge in [0.25, 0.3) is 0 Å². The predicted octanol–water partition coefficient (Wildman–Crippen LogP) is 3.25. The molecule has 118 valence electrons. The highest BCUT2D eigenvalue weighted by Gasteiger charge is 2.13. The minimum absolute atomic E-state index is 0.0172. The largest absolute Gasteiger partial charge is 0.494 e. The van der Waals surface area contributed by atoms with Crippen molar-refractivity contribution < 1.29 is 14.6 Å². The Morgan fingerprint density at radius 2 is 1.95 bits per heavy atom. The molecule has 1 rings (SSSR count). The van der Waals surface area contributed by atoms with E-state index in [9.17, 15) is 4.79 Å². The van der Waals surface area contributed by atoms with Crippen molar-refractivity contribution in [2.24, 2.45) is 0 Å². The van der Waals surface area contributed by atoms with Gasteiger partial charge < -0.3 is 15.2 Å². The standard InChI is InChI=1S/C17H27NO3/c1-3-5-10-18-15(13-17(19)20)12-14-6-8-16(9-7-14)21-11-4-2/h6-9,15,18H,3-5,10-13H2,1-2H3,(H,19,20). The summed E-state index contributed by atoms with van der Waals surface area (Å²) < 4.78 is 5.55. The van der Waals surface area contributed by atoms with E-state index in [0.717, 1.165) is 50.1 Å². The lowest BCUT2D eigenvalue weighted by Crippen LogP contribution is -2.34. The van der Waals surface area contributed by atoms with Gasteiger partial charge in [-0.25, -0.2) is 0 Å². The minimum atomic E-state index is -0.758. The number of carboxylic acid groups (broad SMARTS) is 1. The number of hydrogen-bond acceptors (Lipinski definition) is 3. The summed E-state index contributed by atoms with van der Waals surface area (Å²) in [7, 11) is 0. The van der Waals surface area contributed by atoms with Gasteiger partial charge >= 0.3 is 5.97 Å². The van der Waals surface area contributed by atoms with Crippen LogP contribution in [0, 0.1) is 0 Å². The van der Waals surface area contributed by atoms with Gasteiger partial charge in [-0.3, -0.25) is 4.79 Å². The zero-order valence-corrected chi connectivity index (χ0v) is 13.1. The number of aliphatic carboxylic acids is 1. The number of carboxylic acids is 1. The molecule has 0 bridgehead atoms. The molecule has 1 atom stereocenters. The molecule has 0 saturated heterocycles. The highest BCUT2D eigenvalue weighted by Crippen LogP contribution is 2.14. The summed E-state index contributed by atoms with van der Waals surface area (Å²) in [6, 6.07) is 7.92. The van der Waals surface area contributed by atoms with Crippen LogP contribution in [0.15, 0.2) is 24.3 Å². The smallest absolute Gasteiger partial charge is 0.304 e. The Bertz CT molecular complexity index is 403. The van der Waals surface area contributed by atoms with Crippen molar-refractivity contribution >= 4 is 5.97 Å². The first kappa shape index (κ1) is 17.5. The molecule has 4 nitrogen and oxygen atoms in total. The van der Waals surface area contributed by atoms with Crippen LogP contribution >= 0.6 is 0 Å². The van der Waals surface area contributed by atoms with Crippen LogP contribution in [-0.4, -0.2) is 30.3 Å². The molecule has 0 aliphatic rings. The molecule has 2 N–H and O–H groups in total. The topological polar surface area (TPSA) is 58.6 Å². The first-order valence-corrected chi connectivity index (χ1v) is 7.82. The van der Waals surface area contributed by atoms with Crippen molar-refractivity contribution in [3.8, 4) is 5.75 Å². The van der Waals surface area contributed by atoms with Crippen LogP contribution < -0.4 is 10.1 Å². The number of benzene rings is 1. The van der Waals surface area contributed by atoms with Gasteiger partial charge in [0, 0.05) is 6.04 Å². The fraction of sp³-hybridized carbons (Fsp3) is 0.588. The van der Waals surface area contributed by atoms with Crippen LogP contribution in [0.5, 0.6) is 5.75 Å². The van der Waals surface area contributed by atoms with Crippen LogP contribution in [-0.2, 0) is 11.2 Å². The third-order valence-corrected chi connectivity index (χ3v) is 3.26. The number of unbranched alkanes of at least 4 members (excludes halogenated alkanes) is 1. The van der Waals surface area contributed by atoms with E-state index in [-0.39, 0.29) is 12.5 Å². The molecule has 0 spiro atoms. The zero-order chi connectivity index (χ0) is 15.5. The number of carbonyl (C=O) groups is 1. The molecule has 0 heterocycles. The molecule has 0 fully saturated rings. The minimum Gasteiger partial charge on any atom is -0.494 e. The van der Waals surface area contributed by atoms with Crippen molar-refractivity contribution in [3.63, 3.8) is 0 Å². The first-order valence-electron chi connectivity index (χ1n) is 7.82. The third kappa shape index (κ3) is 7.71. The van der Waals surface area contributed by atoms with Crippen LogP contribution in [0.4, 0.5) is 0 Å². The Hall–Kier alpha value is -1.55. The molecule has 0 amide bonds. The van der Waals surface area contributed by atoms with E-state index < -0.39 is 5.97 Å². The highest BCUT2D eigenvalue weighted by molar-refractivity contribution is 5.67. The van der Waals surface area contributed by atoms with Gasteiger partial charge in [0.1, 0.15) is 5.75 Å². The van der Waals surface area contributed by atoms with Crippen molar-refractivity contribution in [1.82, 2.24) is 5.32 Å². The van der Waals surface area contributed by atoms with Crippen LogP contribution in [0.2, 0.25) is 0 Å². The maximum atomic E-state index is 10.9. The van der Waals surface area contributed by atoms with Gasteiger partial charge in [0.05, 0.1) is 13.0 Å². The maximum Gasteiger partial charge on any atom is 0.304 e. The molecule has 0 radical (unpaired) electrons. The van der Waals surface area contributed by atoms with Crippen molar-refractivity contribution in [1.29, 1.82) is 0 Å². The number of hydrogen-bond donors (Lipinski definition) is 2. The molecule has 0 aliphatic carbocycles. The Morgan fingerprint density at radius 1 is 1.24 bits per heavy atom. The summed E-state index contributed by atoms with van der Waals surface area (Å²) in [5.41, 5.74) is 1.13. The van der Waals surface area contributed by atoms with E-state index >= 15 is 0 Å². The summed E-state index contributed by atoms with van der Waals surface area (Å²) in [5.74, 6) is 0.112. The van der Waals surface area contributed by atoms with Crippen molar-refractivity contribution in [2.75, 3.05) is 13.2 Å². The third-order valence-electron chi connectivity index (χ3n) is 3.26. The van der Waals surface area contributed by atoms with Gasteiger partial charge in [-0.1, -0.05) is 32.4 Å². The van der Waals surface area contributed by atoms with E-state index in [1.165, 1.54) is 0 Å². The van der Waals surface area contributed by atoms with Gasteiger partial charge in [-0.2, -0.15) is 0 Å². The lowest BCUT2D eigenvalue weighted by atomic mass is 10.0. The monoisotopic (exact) mass is 293 g/mol. The van der Waals surface area contributed by atoms with Crippen LogP contribution in [0.1, 0.15) is 45.1 Å². The van der Waals surface area contributed by atoms with Gasteiger partial charge in [0.15, 0.2) is 0 Å². The molecular formula is C17H27NO3. The van der Waals surface area contributed by atoms with E-state index in [1.807, 2.05) is 24.3 Å².